The minimum absolute atomic E-state index is 0.279. The van der Waals surface area contributed by atoms with E-state index < -0.39 is 0 Å². The summed E-state index contributed by atoms with van der Waals surface area (Å²) in [6, 6.07) is 13.1. The molecule has 134 valence electrons. The zero-order valence-electron chi connectivity index (χ0n) is 15.4. The van der Waals surface area contributed by atoms with Gasteiger partial charge >= 0.3 is 0 Å². The number of rotatable bonds is 4. The largest absolute Gasteiger partial charge is 0.300 e. The summed E-state index contributed by atoms with van der Waals surface area (Å²) in [4.78, 5) is 9.55. The monoisotopic (exact) mass is 347 g/mol. The minimum atomic E-state index is 0.279. The number of aromatic nitrogens is 4. The first kappa shape index (κ1) is 16.9. The summed E-state index contributed by atoms with van der Waals surface area (Å²) >= 11 is 0. The SMILES string of the molecule is Cc1cccnc1[C@@H]1CCC[C@H](c2cccc(Cc3ccnn3C)n2)N1. The van der Waals surface area contributed by atoms with Crippen molar-refractivity contribution in [2.24, 2.45) is 7.05 Å². The molecule has 0 aliphatic carbocycles. The molecule has 0 bridgehead atoms. The molecule has 4 heterocycles. The van der Waals surface area contributed by atoms with Gasteiger partial charge in [0.15, 0.2) is 0 Å². The van der Waals surface area contributed by atoms with Gasteiger partial charge in [-0.25, -0.2) is 0 Å². The third-order valence-electron chi connectivity index (χ3n) is 5.24. The van der Waals surface area contributed by atoms with Crippen LogP contribution in [0.2, 0.25) is 0 Å². The molecular weight excluding hydrogens is 322 g/mol. The van der Waals surface area contributed by atoms with Crippen molar-refractivity contribution in [1.29, 1.82) is 0 Å². The Kier molecular flexibility index (Phi) is 4.80. The van der Waals surface area contributed by atoms with Crippen LogP contribution < -0.4 is 5.32 Å². The van der Waals surface area contributed by atoms with Crippen LogP contribution in [0.4, 0.5) is 0 Å². The molecule has 1 fully saturated rings. The third kappa shape index (κ3) is 3.53. The van der Waals surface area contributed by atoms with Crippen LogP contribution in [-0.2, 0) is 13.5 Å². The fourth-order valence-corrected chi connectivity index (χ4v) is 3.80. The molecule has 5 nitrogen and oxygen atoms in total. The molecule has 1 N–H and O–H groups in total. The molecule has 0 aromatic carbocycles. The maximum atomic E-state index is 4.94. The van der Waals surface area contributed by atoms with E-state index in [9.17, 15) is 0 Å². The second-order valence-corrected chi connectivity index (χ2v) is 7.09. The molecule has 1 aliphatic heterocycles. The molecule has 0 spiro atoms. The molecule has 5 heteroatoms. The lowest BCUT2D eigenvalue weighted by molar-refractivity contribution is 0.320. The number of nitrogens with zero attached hydrogens (tertiary/aromatic N) is 4. The molecule has 26 heavy (non-hydrogen) atoms. The lowest BCUT2D eigenvalue weighted by Crippen LogP contribution is -2.32. The zero-order chi connectivity index (χ0) is 17.9. The maximum absolute atomic E-state index is 4.94. The predicted molar refractivity (Wildman–Crippen MR) is 102 cm³/mol. The van der Waals surface area contributed by atoms with Gasteiger partial charge in [-0.15, -0.1) is 0 Å². The Hall–Kier alpha value is -2.53. The lowest BCUT2D eigenvalue weighted by Gasteiger charge is -2.31. The molecule has 0 radical (unpaired) electrons. The second-order valence-electron chi connectivity index (χ2n) is 7.09. The van der Waals surface area contributed by atoms with Crippen molar-refractivity contribution < 1.29 is 0 Å². The van der Waals surface area contributed by atoms with E-state index in [2.05, 4.69) is 46.6 Å². The van der Waals surface area contributed by atoms with Crippen molar-refractivity contribution >= 4 is 0 Å². The fourth-order valence-electron chi connectivity index (χ4n) is 3.80. The summed E-state index contributed by atoms with van der Waals surface area (Å²) in [7, 11) is 1.97. The molecule has 0 saturated carbocycles. The third-order valence-corrected chi connectivity index (χ3v) is 5.24. The highest BCUT2D eigenvalue weighted by Crippen LogP contribution is 2.32. The number of pyridine rings is 2. The summed E-state index contributed by atoms with van der Waals surface area (Å²) in [5.74, 6) is 0. The van der Waals surface area contributed by atoms with Crippen molar-refractivity contribution in [2.75, 3.05) is 0 Å². The summed E-state index contributed by atoms with van der Waals surface area (Å²) in [6.07, 6.45) is 7.96. The first-order valence-electron chi connectivity index (χ1n) is 9.31. The Labute approximate surface area is 154 Å². The second kappa shape index (κ2) is 7.38. The highest BCUT2D eigenvalue weighted by atomic mass is 15.3. The normalized spacial score (nSPS) is 20.2. The summed E-state index contributed by atoms with van der Waals surface area (Å²) in [5, 5.41) is 8.03. The fraction of sp³-hybridized carbons (Fsp3) is 0.381. The number of aryl methyl sites for hydroxylation is 2. The van der Waals surface area contributed by atoms with Crippen LogP contribution >= 0.6 is 0 Å². The zero-order valence-corrected chi connectivity index (χ0v) is 15.4. The molecular formula is C21H25N5. The van der Waals surface area contributed by atoms with E-state index in [0.717, 1.165) is 30.7 Å². The molecule has 0 amide bonds. The van der Waals surface area contributed by atoms with E-state index in [1.165, 1.54) is 23.4 Å². The highest BCUT2D eigenvalue weighted by molar-refractivity contribution is 5.24. The summed E-state index contributed by atoms with van der Waals surface area (Å²) < 4.78 is 1.91. The van der Waals surface area contributed by atoms with Gasteiger partial charge in [0.2, 0.25) is 0 Å². The van der Waals surface area contributed by atoms with E-state index in [0.29, 0.717) is 6.04 Å². The number of hydrogen-bond acceptors (Lipinski definition) is 4. The van der Waals surface area contributed by atoms with E-state index in [-0.39, 0.29) is 6.04 Å². The smallest absolute Gasteiger partial charge is 0.0602 e. The van der Waals surface area contributed by atoms with Gasteiger partial charge in [0.1, 0.15) is 0 Å². The van der Waals surface area contributed by atoms with Gasteiger partial charge in [-0.3, -0.25) is 14.6 Å². The topological polar surface area (TPSA) is 55.6 Å². The average molecular weight is 347 g/mol. The quantitative estimate of drug-likeness (QED) is 0.782. The Morgan fingerprint density at radius 2 is 1.96 bits per heavy atom. The van der Waals surface area contributed by atoms with Gasteiger partial charge in [0, 0.05) is 43.3 Å². The maximum Gasteiger partial charge on any atom is 0.0602 e. The molecule has 4 rings (SSSR count). The van der Waals surface area contributed by atoms with Crippen LogP contribution in [0.3, 0.4) is 0 Å². The Morgan fingerprint density at radius 1 is 1.08 bits per heavy atom. The van der Waals surface area contributed by atoms with Crippen molar-refractivity contribution in [3.8, 4) is 0 Å². The molecule has 2 atom stereocenters. The number of hydrogen-bond donors (Lipinski definition) is 1. The van der Waals surface area contributed by atoms with E-state index in [4.69, 9.17) is 4.98 Å². The van der Waals surface area contributed by atoms with Gasteiger partial charge in [0.05, 0.1) is 17.4 Å². The first-order valence-corrected chi connectivity index (χ1v) is 9.31. The van der Waals surface area contributed by atoms with Gasteiger partial charge in [-0.05, 0) is 56.0 Å². The van der Waals surface area contributed by atoms with E-state index >= 15 is 0 Å². The van der Waals surface area contributed by atoms with Gasteiger partial charge in [-0.1, -0.05) is 12.1 Å². The predicted octanol–water partition coefficient (Wildman–Crippen LogP) is 3.67. The molecule has 3 aromatic rings. The number of nitrogens with one attached hydrogen (secondary N) is 1. The minimum Gasteiger partial charge on any atom is -0.300 e. The molecule has 1 saturated heterocycles. The van der Waals surface area contributed by atoms with Crippen molar-refractivity contribution in [3.63, 3.8) is 0 Å². The molecule has 3 aromatic heterocycles. The van der Waals surface area contributed by atoms with Gasteiger partial charge in [-0.2, -0.15) is 5.10 Å². The molecule has 0 unspecified atom stereocenters. The average Bonchev–Trinajstić information content (AvgIpc) is 3.07. The Morgan fingerprint density at radius 3 is 2.77 bits per heavy atom. The van der Waals surface area contributed by atoms with Crippen LogP contribution in [0.1, 0.15) is 59.7 Å². The lowest BCUT2D eigenvalue weighted by atomic mass is 9.92. The van der Waals surface area contributed by atoms with E-state index in [1.54, 1.807) is 0 Å². The number of piperidine rings is 1. The van der Waals surface area contributed by atoms with E-state index in [1.807, 2.05) is 36.3 Å². The Bertz CT molecular complexity index is 885. The van der Waals surface area contributed by atoms with Gasteiger partial charge < -0.3 is 5.32 Å². The van der Waals surface area contributed by atoms with Crippen LogP contribution in [0, 0.1) is 6.92 Å². The Balaban J connectivity index is 1.53. The highest BCUT2D eigenvalue weighted by Gasteiger charge is 2.26. The van der Waals surface area contributed by atoms with Crippen molar-refractivity contribution in [1.82, 2.24) is 25.1 Å². The van der Waals surface area contributed by atoms with Crippen LogP contribution in [0.5, 0.6) is 0 Å². The van der Waals surface area contributed by atoms with Crippen molar-refractivity contribution in [3.05, 3.63) is 77.1 Å². The summed E-state index contributed by atoms with van der Waals surface area (Å²) in [6.45, 7) is 2.14. The first-order chi connectivity index (χ1) is 12.7. The molecule has 1 aliphatic rings. The van der Waals surface area contributed by atoms with Crippen LogP contribution in [0.25, 0.3) is 0 Å². The van der Waals surface area contributed by atoms with Crippen LogP contribution in [0.15, 0.2) is 48.8 Å². The standard InChI is InChI=1S/C21H25N5/c1-15-6-5-12-22-21(15)20-10-4-9-19(25-20)18-8-3-7-16(24-18)14-17-11-13-23-26(17)2/h3,5-8,11-13,19-20,25H,4,9-10,14H2,1-2H3/t19-,20+/m1/s1. The summed E-state index contributed by atoms with van der Waals surface area (Å²) in [5.41, 5.74) is 5.81. The van der Waals surface area contributed by atoms with Gasteiger partial charge in [0.25, 0.3) is 0 Å². The van der Waals surface area contributed by atoms with Crippen molar-refractivity contribution in [2.45, 2.75) is 44.7 Å². The van der Waals surface area contributed by atoms with Crippen LogP contribution in [-0.4, -0.2) is 19.7 Å².